The number of carbonyl (C=O) groups excluding carboxylic acids is 2. The van der Waals surface area contributed by atoms with Crippen molar-refractivity contribution in [3.8, 4) is 16.9 Å². The Bertz CT molecular complexity index is 1530. The van der Waals surface area contributed by atoms with Crippen molar-refractivity contribution in [2.24, 2.45) is 0 Å². The third kappa shape index (κ3) is 5.02. The highest BCUT2D eigenvalue weighted by Gasteiger charge is 2.38. The summed E-state index contributed by atoms with van der Waals surface area (Å²) in [6, 6.07) is 24.0. The molecular weight excluding hydrogens is 527 g/mol. The Labute approximate surface area is 236 Å². The van der Waals surface area contributed by atoms with Gasteiger partial charge < -0.3 is 9.64 Å². The summed E-state index contributed by atoms with van der Waals surface area (Å²) in [7, 11) is 0. The normalized spacial score (nSPS) is 17.4. The van der Waals surface area contributed by atoms with E-state index >= 15 is 0 Å². The van der Waals surface area contributed by atoms with E-state index in [-0.39, 0.29) is 35.2 Å². The molecule has 0 unspecified atom stereocenters. The Balaban J connectivity index is 1.59. The van der Waals surface area contributed by atoms with Crippen molar-refractivity contribution in [3.05, 3.63) is 101 Å². The Morgan fingerprint density at radius 2 is 1.70 bits per heavy atom. The van der Waals surface area contributed by atoms with Gasteiger partial charge in [-0.25, -0.2) is 9.07 Å². The molecule has 40 heavy (non-hydrogen) atoms. The molecule has 0 spiro atoms. The molecule has 1 atom stereocenters. The van der Waals surface area contributed by atoms with Crippen molar-refractivity contribution < 1.29 is 18.7 Å². The number of hydrogen-bond donors (Lipinski definition) is 0. The number of aromatic nitrogens is 2. The van der Waals surface area contributed by atoms with E-state index in [1.54, 1.807) is 26.6 Å². The van der Waals surface area contributed by atoms with Gasteiger partial charge in [0, 0.05) is 24.2 Å². The number of benzene rings is 3. The van der Waals surface area contributed by atoms with Crippen LogP contribution in [0.25, 0.3) is 16.9 Å². The van der Waals surface area contributed by atoms with E-state index in [0.29, 0.717) is 37.8 Å². The molecule has 2 amide bonds. The van der Waals surface area contributed by atoms with Crippen molar-refractivity contribution in [1.82, 2.24) is 14.7 Å². The lowest BCUT2D eigenvalue weighted by atomic mass is 9.97. The van der Waals surface area contributed by atoms with Crippen molar-refractivity contribution in [3.63, 3.8) is 0 Å². The van der Waals surface area contributed by atoms with Gasteiger partial charge in [-0.1, -0.05) is 54.6 Å². The van der Waals surface area contributed by atoms with E-state index in [0.717, 1.165) is 27.9 Å². The Kier molecular flexibility index (Phi) is 7.40. The first-order chi connectivity index (χ1) is 19.5. The summed E-state index contributed by atoms with van der Waals surface area (Å²) in [5, 5.41) is 4.84. The molecule has 0 N–H and O–H groups in total. The van der Waals surface area contributed by atoms with Crippen LogP contribution in [0.3, 0.4) is 0 Å². The highest BCUT2D eigenvalue weighted by molar-refractivity contribution is 8.00. The fourth-order valence-corrected chi connectivity index (χ4v) is 6.56. The molecule has 4 aromatic rings. The minimum Gasteiger partial charge on any atom is -0.378 e. The Hall–Kier alpha value is -3.95. The molecule has 1 saturated heterocycles. The number of anilines is 1. The molecule has 204 valence electrons. The smallest absolute Gasteiger partial charge is 0.242 e. The third-order valence-corrected chi connectivity index (χ3v) is 8.57. The van der Waals surface area contributed by atoms with Gasteiger partial charge in [0.05, 0.1) is 35.6 Å². The van der Waals surface area contributed by atoms with Crippen molar-refractivity contribution in [2.75, 3.05) is 43.5 Å². The summed E-state index contributed by atoms with van der Waals surface area (Å²) < 4.78 is 21.1. The monoisotopic (exact) mass is 556 g/mol. The standard InChI is InChI=1S/C31H29FN4O3S/c1-21-7-5-6-10-25(21)30-28-29(22-8-3-2-4-9-22)33-36(24-13-11-23(32)12-14-24)31(28)35(27(38)20-40-30)19-26(37)34-15-17-39-18-16-34/h2-14,30H,15-20H2,1H3/t30-/m0/s1. The molecule has 2 aliphatic heterocycles. The maximum Gasteiger partial charge on any atom is 0.242 e. The minimum absolute atomic E-state index is 0.117. The highest BCUT2D eigenvalue weighted by Crippen LogP contribution is 2.49. The van der Waals surface area contributed by atoms with Gasteiger partial charge in [-0.15, -0.1) is 11.8 Å². The average Bonchev–Trinajstić information content (AvgIpc) is 3.31. The van der Waals surface area contributed by atoms with Gasteiger partial charge in [0.2, 0.25) is 11.8 Å². The molecule has 0 saturated carbocycles. The van der Waals surface area contributed by atoms with Crippen molar-refractivity contribution in [2.45, 2.75) is 12.2 Å². The second kappa shape index (κ2) is 11.3. The Morgan fingerprint density at radius 1 is 1.00 bits per heavy atom. The van der Waals surface area contributed by atoms with Crippen molar-refractivity contribution >= 4 is 29.4 Å². The summed E-state index contributed by atoms with van der Waals surface area (Å²) in [6.45, 7) is 3.87. The lowest BCUT2D eigenvalue weighted by Gasteiger charge is -2.30. The quantitative estimate of drug-likeness (QED) is 0.346. The molecule has 0 bridgehead atoms. The number of morpholine rings is 1. The molecule has 1 fully saturated rings. The first-order valence-electron chi connectivity index (χ1n) is 13.3. The molecule has 7 nitrogen and oxygen atoms in total. The number of fused-ring (bicyclic) bond motifs is 1. The predicted molar refractivity (Wildman–Crippen MR) is 154 cm³/mol. The fourth-order valence-electron chi connectivity index (χ4n) is 5.27. The summed E-state index contributed by atoms with van der Waals surface area (Å²) in [4.78, 5) is 30.7. The van der Waals surface area contributed by atoms with E-state index < -0.39 is 0 Å². The second-order valence-electron chi connectivity index (χ2n) is 9.86. The molecule has 9 heteroatoms. The van der Waals surface area contributed by atoms with E-state index in [1.807, 2.05) is 42.5 Å². The SMILES string of the molecule is Cc1ccccc1[C@@H]1SCC(=O)N(CC(=O)N2CCOCC2)c2c1c(-c1ccccc1)nn2-c1ccc(F)cc1. The van der Waals surface area contributed by atoms with Gasteiger partial charge in [0.1, 0.15) is 18.2 Å². The van der Waals surface area contributed by atoms with Crippen LogP contribution in [-0.2, 0) is 14.3 Å². The molecule has 3 heterocycles. The number of halogens is 1. The molecule has 0 aliphatic carbocycles. The first-order valence-corrected chi connectivity index (χ1v) is 14.3. The number of rotatable bonds is 5. The number of ether oxygens (including phenoxy) is 1. The molecule has 0 radical (unpaired) electrons. The van der Waals surface area contributed by atoms with Gasteiger partial charge in [-0.2, -0.15) is 5.10 Å². The number of amides is 2. The van der Waals surface area contributed by atoms with E-state index in [9.17, 15) is 14.0 Å². The third-order valence-electron chi connectivity index (χ3n) is 7.34. The lowest BCUT2D eigenvalue weighted by molar-refractivity contribution is -0.134. The largest absolute Gasteiger partial charge is 0.378 e. The van der Waals surface area contributed by atoms with E-state index in [1.165, 1.54) is 23.9 Å². The maximum atomic E-state index is 14.0. The van der Waals surface area contributed by atoms with Crippen LogP contribution in [-0.4, -0.2) is 65.1 Å². The highest BCUT2D eigenvalue weighted by atomic mass is 32.2. The van der Waals surface area contributed by atoms with Gasteiger partial charge in [-0.3, -0.25) is 14.5 Å². The summed E-state index contributed by atoms with van der Waals surface area (Å²) in [6.07, 6.45) is 0. The maximum absolute atomic E-state index is 14.0. The first kappa shape index (κ1) is 26.3. The number of nitrogens with zero attached hydrogens (tertiary/aromatic N) is 4. The van der Waals surface area contributed by atoms with Crippen LogP contribution in [0.5, 0.6) is 0 Å². The number of hydrogen-bond acceptors (Lipinski definition) is 5. The van der Waals surface area contributed by atoms with E-state index in [2.05, 4.69) is 19.1 Å². The van der Waals surface area contributed by atoms with Crippen LogP contribution in [0.4, 0.5) is 10.2 Å². The lowest BCUT2D eigenvalue weighted by Crippen LogP contribution is -2.48. The molecule has 6 rings (SSSR count). The number of carbonyl (C=O) groups is 2. The predicted octanol–water partition coefficient (Wildman–Crippen LogP) is 5.01. The molecule has 3 aromatic carbocycles. The zero-order valence-corrected chi connectivity index (χ0v) is 22.9. The van der Waals surface area contributed by atoms with Crippen LogP contribution in [0.2, 0.25) is 0 Å². The number of thioether (sulfide) groups is 1. The molecule has 1 aromatic heterocycles. The van der Waals surface area contributed by atoms with Crippen LogP contribution in [0.15, 0.2) is 78.9 Å². The van der Waals surface area contributed by atoms with Gasteiger partial charge >= 0.3 is 0 Å². The zero-order chi connectivity index (χ0) is 27.6. The Morgan fingerprint density at radius 3 is 2.42 bits per heavy atom. The summed E-state index contributed by atoms with van der Waals surface area (Å²) >= 11 is 1.54. The topological polar surface area (TPSA) is 67.7 Å². The zero-order valence-electron chi connectivity index (χ0n) is 22.1. The van der Waals surface area contributed by atoms with Crippen LogP contribution in [0, 0.1) is 12.7 Å². The van der Waals surface area contributed by atoms with E-state index in [4.69, 9.17) is 9.84 Å². The fraction of sp³-hybridized carbons (Fsp3) is 0.258. The summed E-state index contributed by atoms with van der Waals surface area (Å²) in [5.74, 6) is 0.0492. The van der Waals surface area contributed by atoms with Gasteiger partial charge in [0.15, 0.2) is 0 Å². The molecular formula is C31H29FN4O3S. The van der Waals surface area contributed by atoms with Gasteiger partial charge in [-0.05, 0) is 42.3 Å². The summed E-state index contributed by atoms with van der Waals surface area (Å²) in [5.41, 5.74) is 5.26. The van der Waals surface area contributed by atoms with Gasteiger partial charge in [0.25, 0.3) is 0 Å². The van der Waals surface area contributed by atoms with Crippen LogP contribution >= 0.6 is 11.8 Å². The van der Waals surface area contributed by atoms with Crippen LogP contribution in [0.1, 0.15) is 21.9 Å². The average molecular weight is 557 g/mol. The molecule has 2 aliphatic rings. The second-order valence-corrected chi connectivity index (χ2v) is 11.0. The van der Waals surface area contributed by atoms with Crippen LogP contribution < -0.4 is 4.90 Å². The van der Waals surface area contributed by atoms with Crippen molar-refractivity contribution in [1.29, 1.82) is 0 Å². The number of aryl methyl sites for hydroxylation is 1. The minimum atomic E-state index is -0.367.